The Morgan fingerprint density at radius 1 is 1.13 bits per heavy atom. The van der Waals surface area contributed by atoms with E-state index in [0.29, 0.717) is 39.5 Å². The Labute approximate surface area is 136 Å². The number of nitrogens with zero attached hydrogens (tertiary/aromatic N) is 1. The number of hydrogen-bond acceptors (Lipinski definition) is 4. The van der Waals surface area contributed by atoms with Crippen molar-refractivity contribution < 1.29 is 19.0 Å². The van der Waals surface area contributed by atoms with E-state index in [1.165, 1.54) is 0 Å². The van der Waals surface area contributed by atoms with Gasteiger partial charge in [0.05, 0.1) is 32.3 Å². The van der Waals surface area contributed by atoms with Gasteiger partial charge in [0.25, 0.3) is 0 Å². The Balaban J connectivity index is 1.64. The van der Waals surface area contributed by atoms with Gasteiger partial charge in [0.2, 0.25) is 5.91 Å². The third-order valence-electron chi connectivity index (χ3n) is 5.13. The van der Waals surface area contributed by atoms with E-state index in [1.54, 1.807) is 0 Å². The number of amides is 1. The minimum atomic E-state index is -0.319. The van der Waals surface area contributed by atoms with Crippen molar-refractivity contribution in [2.75, 3.05) is 33.0 Å². The van der Waals surface area contributed by atoms with Crippen LogP contribution in [0.25, 0.3) is 0 Å². The minimum Gasteiger partial charge on any atom is -0.485 e. The highest BCUT2D eigenvalue weighted by Gasteiger charge is 2.42. The van der Waals surface area contributed by atoms with Crippen LogP contribution in [0.4, 0.5) is 0 Å². The molecular formula is C18H23NO4. The molecule has 23 heavy (non-hydrogen) atoms. The maximum absolute atomic E-state index is 12.9. The van der Waals surface area contributed by atoms with Crippen LogP contribution in [0.5, 0.6) is 5.75 Å². The zero-order chi connectivity index (χ0) is 15.7. The molecule has 0 bridgehead atoms. The van der Waals surface area contributed by atoms with Crippen molar-refractivity contribution in [2.24, 2.45) is 5.92 Å². The molecule has 4 rings (SSSR count). The molecule has 0 aliphatic carbocycles. The Kier molecular flexibility index (Phi) is 3.99. The molecule has 0 radical (unpaired) electrons. The summed E-state index contributed by atoms with van der Waals surface area (Å²) in [6.45, 7) is 3.88. The molecule has 5 heteroatoms. The van der Waals surface area contributed by atoms with Crippen LogP contribution in [0.15, 0.2) is 24.3 Å². The molecule has 1 atom stereocenters. The van der Waals surface area contributed by atoms with E-state index in [0.717, 1.165) is 30.6 Å². The second kappa shape index (κ2) is 6.13. The number of fused-ring (bicyclic) bond motifs is 1. The van der Waals surface area contributed by atoms with E-state index in [9.17, 15) is 4.79 Å². The van der Waals surface area contributed by atoms with Crippen LogP contribution >= 0.6 is 0 Å². The van der Waals surface area contributed by atoms with Gasteiger partial charge in [-0.05, 0) is 12.5 Å². The van der Waals surface area contributed by atoms with Crippen molar-refractivity contribution in [3.8, 4) is 5.75 Å². The largest absolute Gasteiger partial charge is 0.485 e. The number of carbonyl (C=O) groups excluding carboxylic acids is 1. The van der Waals surface area contributed by atoms with Crippen molar-refractivity contribution in [1.29, 1.82) is 0 Å². The van der Waals surface area contributed by atoms with Gasteiger partial charge in [0, 0.05) is 31.6 Å². The number of benzene rings is 1. The Bertz CT molecular complexity index is 576. The molecule has 0 saturated carbocycles. The van der Waals surface area contributed by atoms with Crippen LogP contribution in [0.3, 0.4) is 0 Å². The molecule has 3 aliphatic rings. The van der Waals surface area contributed by atoms with E-state index < -0.39 is 0 Å². The maximum atomic E-state index is 12.9. The number of rotatable bonds is 1. The second-order valence-electron chi connectivity index (χ2n) is 6.76. The monoisotopic (exact) mass is 317 g/mol. The van der Waals surface area contributed by atoms with Crippen molar-refractivity contribution in [3.63, 3.8) is 0 Å². The average Bonchev–Trinajstić information content (AvgIpc) is 3.05. The molecular weight excluding hydrogens is 294 g/mol. The summed E-state index contributed by atoms with van der Waals surface area (Å²) in [4.78, 5) is 14.9. The van der Waals surface area contributed by atoms with E-state index in [1.807, 2.05) is 23.1 Å². The summed E-state index contributed by atoms with van der Waals surface area (Å²) in [6.07, 6.45) is 2.48. The first-order valence-electron chi connectivity index (χ1n) is 8.47. The van der Waals surface area contributed by atoms with Crippen molar-refractivity contribution in [1.82, 2.24) is 4.90 Å². The van der Waals surface area contributed by atoms with Crippen LogP contribution in [-0.2, 0) is 20.8 Å². The molecule has 0 N–H and O–H groups in total. The molecule has 2 fully saturated rings. The van der Waals surface area contributed by atoms with Gasteiger partial charge in [-0.2, -0.15) is 0 Å². The van der Waals surface area contributed by atoms with E-state index in [-0.39, 0.29) is 17.4 Å². The molecule has 3 aliphatic heterocycles. The highest BCUT2D eigenvalue weighted by molar-refractivity contribution is 5.79. The topological polar surface area (TPSA) is 48.0 Å². The van der Waals surface area contributed by atoms with Crippen LogP contribution in [0, 0.1) is 5.92 Å². The number of ether oxygens (including phenoxy) is 3. The fraction of sp³-hybridized carbons (Fsp3) is 0.611. The van der Waals surface area contributed by atoms with Gasteiger partial charge in [-0.3, -0.25) is 4.79 Å². The third kappa shape index (κ3) is 2.95. The fourth-order valence-corrected chi connectivity index (χ4v) is 3.76. The number of para-hydroxylation sites is 1. The van der Waals surface area contributed by atoms with Gasteiger partial charge in [-0.1, -0.05) is 18.2 Å². The van der Waals surface area contributed by atoms with Gasteiger partial charge in [-0.25, -0.2) is 0 Å². The molecule has 2 saturated heterocycles. The van der Waals surface area contributed by atoms with Crippen molar-refractivity contribution in [2.45, 2.75) is 31.4 Å². The quantitative estimate of drug-likeness (QED) is 0.795. The molecule has 124 valence electrons. The Hall–Kier alpha value is -1.59. The lowest BCUT2D eigenvalue weighted by Gasteiger charge is -2.39. The molecule has 1 spiro atoms. The third-order valence-corrected chi connectivity index (χ3v) is 5.13. The summed E-state index contributed by atoms with van der Waals surface area (Å²) in [5.41, 5.74) is 0.767. The van der Waals surface area contributed by atoms with Crippen LogP contribution in [0.1, 0.15) is 24.8 Å². The lowest BCUT2D eigenvalue weighted by molar-refractivity contribution is -0.140. The van der Waals surface area contributed by atoms with Crippen molar-refractivity contribution in [3.05, 3.63) is 29.8 Å². The lowest BCUT2D eigenvalue weighted by Crippen LogP contribution is -2.51. The highest BCUT2D eigenvalue weighted by Crippen LogP contribution is 2.35. The standard InChI is InChI=1S/C18H23NO4/c20-17(15-5-8-22-12-15)19-11-14-3-1-2-4-16(14)23-18(13-19)6-9-21-10-7-18/h1-4,15H,5-13H2/t15-/m1/s1. The SMILES string of the molecule is O=C([C@@H]1CCOC1)N1Cc2ccccc2OC2(CCOCC2)C1. The maximum Gasteiger partial charge on any atom is 0.228 e. The zero-order valence-electron chi connectivity index (χ0n) is 13.3. The van der Waals surface area contributed by atoms with Gasteiger partial charge in [0.1, 0.15) is 11.4 Å². The first kappa shape index (κ1) is 15.0. The molecule has 1 amide bonds. The Morgan fingerprint density at radius 3 is 2.74 bits per heavy atom. The molecule has 0 unspecified atom stereocenters. The summed E-state index contributed by atoms with van der Waals surface area (Å²) in [5, 5.41) is 0. The molecule has 5 nitrogen and oxygen atoms in total. The smallest absolute Gasteiger partial charge is 0.228 e. The van der Waals surface area contributed by atoms with E-state index >= 15 is 0 Å². The fourth-order valence-electron chi connectivity index (χ4n) is 3.76. The second-order valence-corrected chi connectivity index (χ2v) is 6.76. The summed E-state index contributed by atoms with van der Waals surface area (Å²) in [5.74, 6) is 1.11. The lowest BCUT2D eigenvalue weighted by atomic mass is 9.92. The summed E-state index contributed by atoms with van der Waals surface area (Å²) in [7, 11) is 0. The van der Waals surface area contributed by atoms with E-state index in [4.69, 9.17) is 14.2 Å². The Morgan fingerprint density at radius 2 is 1.96 bits per heavy atom. The first-order chi connectivity index (χ1) is 11.3. The predicted octanol–water partition coefficient (Wildman–Crippen LogP) is 1.99. The number of carbonyl (C=O) groups is 1. The van der Waals surface area contributed by atoms with Gasteiger partial charge < -0.3 is 19.1 Å². The molecule has 1 aromatic carbocycles. The van der Waals surface area contributed by atoms with E-state index in [2.05, 4.69) is 6.07 Å². The van der Waals surface area contributed by atoms with Crippen LogP contribution < -0.4 is 4.74 Å². The normalized spacial score (nSPS) is 26.4. The molecule has 3 heterocycles. The van der Waals surface area contributed by atoms with Crippen LogP contribution in [0.2, 0.25) is 0 Å². The van der Waals surface area contributed by atoms with Crippen molar-refractivity contribution >= 4 is 5.91 Å². The van der Waals surface area contributed by atoms with Crippen LogP contribution in [-0.4, -0.2) is 49.4 Å². The minimum absolute atomic E-state index is 0.00264. The van der Waals surface area contributed by atoms with Gasteiger partial charge >= 0.3 is 0 Å². The number of hydrogen-bond donors (Lipinski definition) is 0. The van der Waals surface area contributed by atoms with Gasteiger partial charge in [0.15, 0.2) is 0 Å². The molecule has 0 aromatic heterocycles. The summed E-state index contributed by atoms with van der Waals surface area (Å²) >= 11 is 0. The highest BCUT2D eigenvalue weighted by atomic mass is 16.5. The predicted molar refractivity (Wildman–Crippen MR) is 84.2 cm³/mol. The summed E-state index contributed by atoms with van der Waals surface area (Å²) < 4.78 is 17.3. The average molecular weight is 317 g/mol. The summed E-state index contributed by atoms with van der Waals surface area (Å²) in [6, 6.07) is 8.07. The van der Waals surface area contributed by atoms with Gasteiger partial charge in [-0.15, -0.1) is 0 Å². The molecule has 1 aromatic rings. The zero-order valence-corrected chi connectivity index (χ0v) is 13.3. The first-order valence-corrected chi connectivity index (χ1v) is 8.47.